The molecule has 0 saturated heterocycles. The van der Waals surface area contributed by atoms with E-state index < -0.39 is 28.5 Å². The Kier molecular flexibility index (Phi) is 10.7. The van der Waals surface area contributed by atoms with Gasteiger partial charge in [0.05, 0.1) is 17.7 Å². The predicted molar refractivity (Wildman–Crippen MR) is 168 cm³/mol. The molecule has 1 aliphatic carbocycles. The number of rotatable bonds is 11. The summed E-state index contributed by atoms with van der Waals surface area (Å²) >= 11 is 3.48. The van der Waals surface area contributed by atoms with Gasteiger partial charge in [0.15, 0.2) is 0 Å². The summed E-state index contributed by atoms with van der Waals surface area (Å²) in [4.78, 5) is 29.1. The van der Waals surface area contributed by atoms with Gasteiger partial charge in [-0.05, 0) is 80.8 Å². The number of methoxy groups -OCH3 is 1. The lowest BCUT2D eigenvalue weighted by molar-refractivity contribution is -0.139. The van der Waals surface area contributed by atoms with Crippen LogP contribution in [0.3, 0.4) is 0 Å². The molecule has 0 aliphatic heterocycles. The monoisotopic (exact) mass is 655 g/mol. The minimum atomic E-state index is -4.13. The molecular weight excluding hydrogens is 618 g/mol. The minimum absolute atomic E-state index is 0.0679. The first kappa shape index (κ1) is 31.6. The van der Waals surface area contributed by atoms with Gasteiger partial charge < -0.3 is 15.0 Å². The maximum atomic E-state index is 14.1. The molecule has 8 nitrogen and oxygen atoms in total. The second kappa shape index (κ2) is 14.2. The van der Waals surface area contributed by atoms with Gasteiger partial charge in [-0.1, -0.05) is 65.0 Å². The molecule has 1 atom stereocenters. The van der Waals surface area contributed by atoms with Crippen LogP contribution < -0.4 is 14.4 Å². The second-order valence-corrected chi connectivity index (χ2v) is 13.5. The molecule has 1 N–H and O–H groups in total. The normalized spacial score (nSPS) is 14.6. The van der Waals surface area contributed by atoms with Gasteiger partial charge in [0.1, 0.15) is 18.3 Å². The van der Waals surface area contributed by atoms with Crippen LogP contribution >= 0.6 is 15.9 Å². The molecule has 1 saturated carbocycles. The first-order chi connectivity index (χ1) is 20.1. The third kappa shape index (κ3) is 7.92. The Hall–Kier alpha value is -3.37. The second-order valence-electron chi connectivity index (χ2n) is 10.7. The maximum Gasteiger partial charge on any atom is 0.264 e. The fourth-order valence-electron chi connectivity index (χ4n) is 5.10. The van der Waals surface area contributed by atoms with E-state index in [0.717, 1.165) is 52.0 Å². The van der Waals surface area contributed by atoms with Crippen LogP contribution in [0.2, 0.25) is 0 Å². The zero-order chi connectivity index (χ0) is 30.3. The Labute approximate surface area is 257 Å². The highest BCUT2D eigenvalue weighted by atomic mass is 79.9. The number of nitrogens with one attached hydrogen (secondary N) is 1. The summed E-state index contributed by atoms with van der Waals surface area (Å²) in [7, 11) is -2.60. The van der Waals surface area contributed by atoms with Crippen LogP contribution in [0.4, 0.5) is 5.69 Å². The van der Waals surface area contributed by atoms with Crippen LogP contribution in [0.15, 0.2) is 82.2 Å². The van der Waals surface area contributed by atoms with Gasteiger partial charge in [-0.25, -0.2) is 8.42 Å². The first-order valence-electron chi connectivity index (χ1n) is 14.2. The lowest BCUT2D eigenvalue weighted by atomic mass is 9.95. The van der Waals surface area contributed by atoms with Crippen molar-refractivity contribution in [2.45, 2.75) is 69.5 Å². The van der Waals surface area contributed by atoms with Crippen molar-refractivity contribution in [3.05, 3.63) is 88.4 Å². The van der Waals surface area contributed by atoms with Crippen molar-refractivity contribution >= 4 is 43.5 Å². The third-order valence-corrected chi connectivity index (χ3v) is 9.89. The molecule has 0 heterocycles. The standard InChI is InChI=1S/C32H38BrN3O5S/c1-23-12-18-30(19-13-23)42(39,40)36(28-14-16-29(41-3)17-15-28)22-31(37)35(21-25-8-7-9-26(33)20-25)24(2)32(38)34-27-10-5-4-6-11-27/h7-9,12-20,24,27H,4-6,10-11,21-22H2,1-3H3,(H,34,38)/t24-/m0/s1. The van der Waals surface area contributed by atoms with Gasteiger partial charge >= 0.3 is 0 Å². The molecule has 2 amide bonds. The molecule has 1 fully saturated rings. The van der Waals surface area contributed by atoms with Crippen LogP contribution in [-0.2, 0) is 26.2 Å². The van der Waals surface area contributed by atoms with Crippen molar-refractivity contribution in [2.75, 3.05) is 18.0 Å². The van der Waals surface area contributed by atoms with Crippen molar-refractivity contribution in [2.24, 2.45) is 0 Å². The molecule has 4 rings (SSSR count). The third-order valence-electron chi connectivity index (χ3n) is 7.61. The number of carbonyl (C=O) groups excluding carboxylic acids is 2. The number of nitrogens with zero attached hydrogens (tertiary/aromatic N) is 2. The molecule has 10 heteroatoms. The lowest BCUT2D eigenvalue weighted by Gasteiger charge is -2.33. The summed E-state index contributed by atoms with van der Waals surface area (Å²) in [5, 5.41) is 3.12. The summed E-state index contributed by atoms with van der Waals surface area (Å²) < 4.78 is 35.1. The Balaban J connectivity index is 1.68. The predicted octanol–water partition coefficient (Wildman–Crippen LogP) is 5.83. The average molecular weight is 657 g/mol. The highest BCUT2D eigenvalue weighted by molar-refractivity contribution is 9.10. The largest absolute Gasteiger partial charge is 0.497 e. The SMILES string of the molecule is COc1ccc(N(CC(=O)N(Cc2cccc(Br)c2)[C@@H](C)C(=O)NC2CCCCC2)S(=O)(=O)c2ccc(C)cc2)cc1. The highest BCUT2D eigenvalue weighted by Crippen LogP contribution is 2.27. The summed E-state index contributed by atoms with van der Waals surface area (Å²) in [5.41, 5.74) is 2.04. The number of anilines is 1. The zero-order valence-corrected chi connectivity index (χ0v) is 26.7. The van der Waals surface area contributed by atoms with Crippen LogP contribution in [0.1, 0.15) is 50.2 Å². The Morgan fingerprint density at radius 3 is 2.29 bits per heavy atom. The van der Waals surface area contributed by atoms with E-state index in [1.165, 1.54) is 24.1 Å². The van der Waals surface area contributed by atoms with Crippen molar-refractivity contribution < 1.29 is 22.7 Å². The molecule has 224 valence electrons. The quantitative estimate of drug-likeness (QED) is 0.281. The number of sulfonamides is 1. The summed E-state index contributed by atoms with van der Waals surface area (Å²) in [6.45, 7) is 3.22. The van der Waals surface area contributed by atoms with Crippen LogP contribution in [0.25, 0.3) is 0 Å². The molecule has 1 aliphatic rings. The minimum Gasteiger partial charge on any atom is -0.497 e. The van der Waals surface area contributed by atoms with Gasteiger partial charge in [0.25, 0.3) is 10.0 Å². The molecule has 3 aromatic carbocycles. The fraction of sp³-hybridized carbons (Fsp3) is 0.375. The van der Waals surface area contributed by atoms with Gasteiger partial charge in [-0.2, -0.15) is 0 Å². The summed E-state index contributed by atoms with van der Waals surface area (Å²) in [6.07, 6.45) is 5.11. The fourth-order valence-corrected chi connectivity index (χ4v) is 6.96. The molecule has 0 bridgehead atoms. The van der Waals surface area contributed by atoms with Gasteiger partial charge in [-0.3, -0.25) is 13.9 Å². The van der Waals surface area contributed by atoms with Crippen LogP contribution in [-0.4, -0.2) is 50.9 Å². The topological polar surface area (TPSA) is 96.0 Å². The molecular formula is C32H38BrN3O5S. The van der Waals surface area contributed by atoms with Gasteiger partial charge in [0.2, 0.25) is 11.8 Å². The van der Waals surface area contributed by atoms with E-state index in [9.17, 15) is 18.0 Å². The van der Waals surface area contributed by atoms with Gasteiger partial charge in [-0.15, -0.1) is 0 Å². The molecule has 0 spiro atoms. The van der Waals surface area contributed by atoms with Gasteiger partial charge in [0, 0.05) is 17.1 Å². The van der Waals surface area contributed by atoms with Crippen molar-refractivity contribution in [3.63, 3.8) is 0 Å². The Morgan fingerprint density at radius 2 is 1.67 bits per heavy atom. The van der Waals surface area contributed by atoms with Crippen LogP contribution in [0, 0.1) is 6.92 Å². The number of amides is 2. The van der Waals surface area contributed by atoms with Crippen molar-refractivity contribution in [1.82, 2.24) is 10.2 Å². The number of halogens is 1. The highest BCUT2D eigenvalue weighted by Gasteiger charge is 2.33. The molecule has 42 heavy (non-hydrogen) atoms. The van der Waals surface area contributed by atoms with E-state index in [2.05, 4.69) is 21.2 Å². The number of ether oxygens (including phenoxy) is 1. The van der Waals surface area contributed by atoms with E-state index in [0.29, 0.717) is 11.4 Å². The average Bonchev–Trinajstić information content (AvgIpc) is 2.99. The smallest absolute Gasteiger partial charge is 0.264 e. The molecule has 0 unspecified atom stereocenters. The number of hydrogen-bond donors (Lipinski definition) is 1. The summed E-state index contributed by atoms with van der Waals surface area (Å²) in [6, 6.07) is 19.8. The Bertz CT molecular complexity index is 1470. The molecule has 3 aromatic rings. The van der Waals surface area contributed by atoms with E-state index in [4.69, 9.17) is 4.74 Å². The summed E-state index contributed by atoms with van der Waals surface area (Å²) in [5.74, 6) is -0.183. The van der Waals surface area contributed by atoms with E-state index in [1.807, 2.05) is 31.2 Å². The van der Waals surface area contributed by atoms with Crippen LogP contribution in [0.5, 0.6) is 5.75 Å². The molecule has 0 radical (unpaired) electrons. The number of benzene rings is 3. The van der Waals surface area contributed by atoms with E-state index >= 15 is 0 Å². The number of hydrogen-bond acceptors (Lipinski definition) is 5. The number of carbonyl (C=O) groups is 2. The van der Waals surface area contributed by atoms with Crippen molar-refractivity contribution in [3.8, 4) is 5.75 Å². The number of aryl methyl sites for hydroxylation is 1. The molecule has 0 aromatic heterocycles. The van der Waals surface area contributed by atoms with Crippen molar-refractivity contribution in [1.29, 1.82) is 0 Å². The zero-order valence-electron chi connectivity index (χ0n) is 24.3. The Morgan fingerprint density at radius 1 is 1.00 bits per heavy atom. The maximum absolute atomic E-state index is 14.1. The van der Waals surface area contributed by atoms with E-state index in [-0.39, 0.29) is 23.4 Å². The lowest BCUT2D eigenvalue weighted by Crippen LogP contribution is -2.53. The first-order valence-corrected chi connectivity index (χ1v) is 16.4. The van der Waals surface area contributed by atoms with E-state index in [1.54, 1.807) is 43.3 Å².